The molecule has 1 atom stereocenters. The number of hydrogen-bond acceptors (Lipinski definition) is 4. The van der Waals surface area contributed by atoms with E-state index in [1.54, 1.807) is 0 Å². The van der Waals surface area contributed by atoms with E-state index in [9.17, 15) is 0 Å². The van der Waals surface area contributed by atoms with Crippen LogP contribution in [0.25, 0.3) is 0 Å². The lowest BCUT2D eigenvalue weighted by atomic mass is 10.2. The molecule has 1 aliphatic rings. The van der Waals surface area contributed by atoms with Gasteiger partial charge in [0, 0.05) is 25.3 Å². The third-order valence-corrected chi connectivity index (χ3v) is 3.65. The van der Waals surface area contributed by atoms with Crippen molar-refractivity contribution in [2.45, 2.75) is 19.4 Å². The monoisotopic (exact) mass is 263 g/mol. The summed E-state index contributed by atoms with van der Waals surface area (Å²) in [6.45, 7) is 6.65. The number of likely N-dealkylation sites (N-methyl/N-ethyl adjacent to an activating group) is 1. The molecule has 0 saturated carbocycles. The molecule has 1 aliphatic heterocycles. The second-order valence-corrected chi connectivity index (χ2v) is 5.13. The van der Waals surface area contributed by atoms with Gasteiger partial charge < -0.3 is 20.3 Å². The Balaban J connectivity index is 2.13. The first-order valence-corrected chi connectivity index (χ1v) is 7.12. The Labute approximate surface area is 116 Å². The molecule has 0 bridgehead atoms. The third-order valence-electron chi connectivity index (χ3n) is 3.65. The van der Waals surface area contributed by atoms with Crippen LogP contribution in [0.2, 0.25) is 0 Å². The normalized spacial score (nSPS) is 21.2. The van der Waals surface area contributed by atoms with Crippen LogP contribution in [0.15, 0.2) is 24.3 Å². The van der Waals surface area contributed by atoms with Crippen LogP contribution in [0.4, 0.5) is 5.69 Å². The van der Waals surface area contributed by atoms with Crippen LogP contribution in [0.3, 0.4) is 0 Å². The van der Waals surface area contributed by atoms with Gasteiger partial charge >= 0.3 is 0 Å². The molecule has 0 spiro atoms. The smallest absolute Gasteiger partial charge is 0.119 e. The standard InChI is InChI=1S/C15H25N3O/c1-3-19-15-7-5-13(6-8-15)18-10-4-9-17(2)12-14(18)11-16/h5-8,14H,3-4,9-12,16H2,1-2H3. The van der Waals surface area contributed by atoms with Gasteiger partial charge in [0.15, 0.2) is 0 Å². The highest BCUT2D eigenvalue weighted by Gasteiger charge is 2.22. The first-order valence-electron chi connectivity index (χ1n) is 7.12. The van der Waals surface area contributed by atoms with Crippen LogP contribution < -0.4 is 15.4 Å². The van der Waals surface area contributed by atoms with Crippen molar-refractivity contribution in [3.63, 3.8) is 0 Å². The largest absolute Gasteiger partial charge is 0.494 e. The molecule has 106 valence electrons. The lowest BCUT2D eigenvalue weighted by Crippen LogP contribution is -2.45. The van der Waals surface area contributed by atoms with Gasteiger partial charge in [0.05, 0.1) is 12.6 Å². The first-order chi connectivity index (χ1) is 9.24. The number of ether oxygens (including phenoxy) is 1. The summed E-state index contributed by atoms with van der Waals surface area (Å²) in [6, 6.07) is 8.76. The number of nitrogens with two attached hydrogens (primary N) is 1. The molecule has 2 N–H and O–H groups in total. The predicted octanol–water partition coefficient (Wildman–Crippen LogP) is 1.55. The summed E-state index contributed by atoms with van der Waals surface area (Å²) >= 11 is 0. The molecule has 1 aromatic carbocycles. The maximum absolute atomic E-state index is 5.95. The molecule has 1 saturated heterocycles. The minimum absolute atomic E-state index is 0.394. The molecule has 1 aromatic rings. The highest BCUT2D eigenvalue weighted by molar-refractivity contribution is 5.50. The summed E-state index contributed by atoms with van der Waals surface area (Å²) in [5.41, 5.74) is 7.19. The van der Waals surface area contributed by atoms with Crippen LogP contribution in [-0.2, 0) is 0 Å². The van der Waals surface area contributed by atoms with E-state index < -0.39 is 0 Å². The van der Waals surface area contributed by atoms with Gasteiger partial charge in [0.1, 0.15) is 5.75 Å². The van der Waals surface area contributed by atoms with E-state index in [1.807, 2.05) is 19.1 Å². The SMILES string of the molecule is CCOc1ccc(N2CCCN(C)CC2CN)cc1. The van der Waals surface area contributed by atoms with Crippen LogP contribution in [0.5, 0.6) is 5.75 Å². The van der Waals surface area contributed by atoms with Crippen LogP contribution in [0, 0.1) is 0 Å². The van der Waals surface area contributed by atoms with Crippen molar-refractivity contribution in [2.75, 3.05) is 44.7 Å². The van der Waals surface area contributed by atoms with E-state index >= 15 is 0 Å². The molecule has 2 rings (SSSR count). The summed E-state index contributed by atoms with van der Waals surface area (Å²) in [5.74, 6) is 0.933. The Morgan fingerprint density at radius 1 is 1.26 bits per heavy atom. The summed E-state index contributed by atoms with van der Waals surface area (Å²) in [5, 5.41) is 0. The van der Waals surface area contributed by atoms with E-state index in [-0.39, 0.29) is 0 Å². The zero-order chi connectivity index (χ0) is 13.7. The number of nitrogens with zero attached hydrogens (tertiary/aromatic N) is 2. The molecule has 4 heteroatoms. The van der Waals surface area contributed by atoms with Gasteiger partial charge in [-0.05, 0) is 51.2 Å². The van der Waals surface area contributed by atoms with Crippen molar-refractivity contribution in [1.29, 1.82) is 0 Å². The van der Waals surface area contributed by atoms with Crippen molar-refractivity contribution in [3.8, 4) is 5.75 Å². The van der Waals surface area contributed by atoms with Crippen molar-refractivity contribution in [1.82, 2.24) is 4.90 Å². The summed E-state index contributed by atoms with van der Waals surface area (Å²) < 4.78 is 5.49. The fourth-order valence-corrected chi connectivity index (χ4v) is 2.69. The van der Waals surface area contributed by atoms with Gasteiger partial charge in [0.25, 0.3) is 0 Å². The van der Waals surface area contributed by atoms with Gasteiger partial charge in [-0.1, -0.05) is 0 Å². The molecule has 0 aliphatic carbocycles. The molecule has 1 unspecified atom stereocenters. The Bertz CT molecular complexity index is 379. The zero-order valence-electron chi connectivity index (χ0n) is 12.0. The third kappa shape index (κ3) is 3.61. The predicted molar refractivity (Wildman–Crippen MR) is 79.9 cm³/mol. The van der Waals surface area contributed by atoms with Crippen molar-refractivity contribution < 1.29 is 4.74 Å². The van der Waals surface area contributed by atoms with Gasteiger partial charge in [-0.25, -0.2) is 0 Å². The molecule has 4 nitrogen and oxygen atoms in total. The highest BCUT2D eigenvalue weighted by atomic mass is 16.5. The number of anilines is 1. The second kappa shape index (κ2) is 6.78. The topological polar surface area (TPSA) is 41.7 Å². The quantitative estimate of drug-likeness (QED) is 0.895. The van der Waals surface area contributed by atoms with Crippen molar-refractivity contribution in [2.24, 2.45) is 5.73 Å². The minimum Gasteiger partial charge on any atom is -0.494 e. The Morgan fingerprint density at radius 2 is 2.00 bits per heavy atom. The van der Waals surface area contributed by atoms with E-state index in [0.717, 1.165) is 25.4 Å². The van der Waals surface area contributed by atoms with E-state index in [2.05, 4.69) is 29.0 Å². The molecule has 0 amide bonds. The molecule has 19 heavy (non-hydrogen) atoms. The fourth-order valence-electron chi connectivity index (χ4n) is 2.69. The number of benzene rings is 1. The zero-order valence-corrected chi connectivity index (χ0v) is 12.0. The maximum Gasteiger partial charge on any atom is 0.119 e. The molecule has 0 radical (unpaired) electrons. The van der Waals surface area contributed by atoms with Gasteiger partial charge in [0.2, 0.25) is 0 Å². The maximum atomic E-state index is 5.95. The summed E-state index contributed by atoms with van der Waals surface area (Å²) in [4.78, 5) is 4.80. The van der Waals surface area contributed by atoms with Crippen LogP contribution in [-0.4, -0.2) is 50.8 Å². The Kier molecular flexibility index (Phi) is 5.05. The lowest BCUT2D eigenvalue weighted by Gasteiger charge is -2.32. The van der Waals surface area contributed by atoms with Gasteiger partial charge in [-0.3, -0.25) is 0 Å². The second-order valence-electron chi connectivity index (χ2n) is 5.13. The Morgan fingerprint density at radius 3 is 2.63 bits per heavy atom. The first kappa shape index (κ1) is 14.2. The average molecular weight is 263 g/mol. The van der Waals surface area contributed by atoms with Gasteiger partial charge in [-0.15, -0.1) is 0 Å². The molecule has 1 heterocycles. The average Bonchev–Trinajstić information content (AvgIpc) is 2.61. The molecular formula is C15H25N3O. The van der Waals surface area contributed by atoms with Crippen LogP contribution >= 0.6 is 0 Å². The van der Waals surface area contributed by atoms with Crippen molar-refractivity contribution >= 4 is 5.69 Å². The highest BCUT2D eigenvalue weighted by Crippen LogP contribution is 2.23. The van der Waals surface area contributed by atoms with E-state index in [1.165, 1.54) is 12.1 Å². The Hall–Kier alpha value is -1.26. The molecular weight excluding hydrogens is 238 g/mol. The van der Waals surface area contributed by atoms with Crippen molar-refractivity contribution in [3.05, 3.63) is 24.3 Å². The minimum atomic E-state index is 0.394. The summed E-state index contributed by atoms with van der Waals surface area (Å²) in [6.07, 6.45) is 1.18. The molecule has 1 fully saturated rings. The number of rotatable bonds is 4. The number of hydrogen-bond donors (Lipinski definition) is 1. The fraction of sp³-hybridized carbons (Fsp3) is 0.600. The summed E-state index contributed by atoms with van der Waals surface area (Å²) in [7, 11) is 2.17. The van der Waals surface area contributed by atoms with Gasteiger partial charge in [-0.2, -0.15) is 0 Å². The van der Waals surface area contributed by atoms with E-state index in [0.29, 0.717) is 19.2 Å². The lowest BCUT2D eigenvalue weighted by molar-refractivity contribution is 0.332. The van der Waals surface area contributed by atoms with Crippen LogP contribution in [0.1, 0.15) is 13.3 Å². The molecule has 0 aromatic heterocycles. The van der Waals surface area contributed by atoms with E-state index in [4.69, 9.17) is 10.5 Å².